The highest BCUT2D eigenvalue weighted by Gasteiger charge is 2.32. The molecule has 0 spiro atoms. The van der Waals surface area contributed by atoms with Gasteiger partial charge in [-0.1, -0.05) is 102 Å². The molecule has 0 saturated heterocycles. The van der Waals surface area contributed by atoms with Gasteiger partial charge in [0, 0.05) is 52.1 Å². The Hall–Kier alpha value is -10.3. The monoisotopic (exact) mass is 1900 g/mol. The first-order valence-electron chi connectivity index (χ1n) is 47.4. The number of rotatable bonds is 60. The Morgan fingerprint density at radius 2 is 0.699 bits per heavy atom. The molecule has 2 rings (SSSR count). The van der Waals surface area contributed by atoms with E-state index in [1.54, 1.807) is 125 Å². The Kier molecular flexibility index (Phi) is 55.0. The van der Waals surface area contributed by atoms with E-state index in [1.807, 2.05) is 38.1 Å². The van der Waals surface area contributed by atoms with Crippen LogP contribution >= 0.6 is 11.6 Å². The lowest BCUT2D eigenvalue weighted by Gasteiger charge is -2.25. The van der Waals surface area contributed by atoms with Crippen molar-refractivity contribution in [2.24, 2.45) is 10.7 Å². The van der Waals surface area contributed by atoms with E-state index in [-0.39, 0.29) is 123 Å². The van der Waals surface area contributed by atoms with Crippen molar-refractivity contribution >= 4 is 107 Å². The van der Waals surface area contributed by atoms with E-state index < -0.39 is 124 Å². The van der Waals surface area contributed by atoms with Gasteiger partial charge in [0.2, 0.25) is 23.6 Å². The van der Waals surface area contributed by atoms with E-state index in [9.17, 15) is 62.3 Å². The van der Waals surface area contributed by atoms with Gasteiger partial charge in [-0.15, -0.1) is 0 Å². The highest BCUT2D eigenvalue weighted by Crippen LogP contribution is 2.22. The highest BCUT2D eigenvalue weighted by molar-refractivity contribution is 6.31. The van der Waals surface area contributed by atoms with Crippen molar-refractivity contribution in [3.8, 4) is 5.75 Å². The number of nitrogen functional groups attached to an aromatic ring is 2. The maximum atomic E-state index is 14.2. The Morgan fingerprint density at radius 3 is 1.04 bits per heavy atom. The average Bonchev–Trinajstić information content (AvgIpc) is 0.831. The molecule has 1 aromatic carbocycles. The number of hydrogen-bond donors (Lipinski definition) is 14. The standard InChI is InChI=1S/C94H163ClN18O20/c1-21-23-27-44-67(106-85(123)130-91(9,10)11)77(116)99-54-37-34-42-65(104-83(121)128-89(3,4)5)71(114)48-31-25-29-46-69(108-87(125)132-93(15,16)17)79(118)101-57-39-59-113(61-62-127-64-52-50-63(51-53-64)41-33-36-56-103-82(98)112-81(120)73-75(96)111-76(97)74(95)110-73)60-40-58-102-80(119)70(109-88(126)133-94(18,19)20)47-30-26-32-49-72(115)66(105-84(122)129-90(6,7)8)43-35-38-55-100-78(117)68(45-28-24-22-2)107-86(124)131-92(12,13)14/h50-53,65-70H,21-49,54-62H2,1-20H3,(H,99,116)(H,100,117)(H,101,118)(H,102,119)(H,104,121)(H,105,122)(H,106,123)(H,107,124)(H,108,125)(H,109,126)(H4,96,97,111)(H3,98,103,112,120)/t65-,66-,67-,68-,69-,70-/m0/s1. The third kappa shape index (κ3) is 59.2. The number of ether oxygens (including phenoxy) is 7. The summed E-state index contributed by atoms with van der Waals surface area (Å²) in [5.74, 6) is -2.68. The van der Waals surface area contributed by atoms with Crippen LogP contribution in [0, 0.1) is 0 Å². The molecule has 0 aliphatic carbocycles. The molecule has 0 saturated carbocycles. The van der Waals surface area contributed by atoms with Crippen molar-refractivity contribution in [3.63, 3.8) is 0 Å². The third-order valence-electron chi connectivity index (χ3n) is 19.7. The van der Waals surface area contributed by atoms with Gasteiger partial charge in [0.25, 0.3) is 5.91 Å². The van der Waals surface area contributed by atoms with E-state index in [1.165, 1.54) is 0 Å². The summed E-state index contributed by atoms with van der Waals surface area (Å²) in [6.45, 7) is 37.8. The number of guanidine groups is 1. The number of aliphatic imine (C=N–C) groups is 1. The van der Waals surface area contributed by atoms with Crippen LogP contribution in [0.5, 0.6) is 5.75 Å². The van der Waals surface area contributed by atoms with Gasteiger partial charge in [-0.2, -0.15) is 0 Å². The molecule has 0 fully saturated rings. The molecule has 2 aromatic rings. The Bertz CT molecular complexity index is 3770. The molecule has 17 N–H and O–H groups in total. The second-order valence-corrected chi connectivity index (χ2v) is 39.7. The van der Waals surface area contributed by atoms with Gasteiger partial charge in [-0.05, 0) is 265 Å². The number of ketones is 2. The van der Waals surface area contributed by atoms with Gasteiger partial charge in [-0.25, -0.2) is 38.7 Å². The van der Waals surface area contributed by atoms with Gasteiger partial charge in [0.1, 0.15) is 70.1 Å². The number of benzene rings is 1. The molecular weight excluding hydrogens is 1740 g/mol. The SMILES string of the molecule is CCCCC[C@H](NC(=O)OC(C)(C)C)C(=O)NCCCC[C@H](NC(=O)OC(C)(C)C)C(=O)CCCCC[C@H](NC(=O)OC(C)(C)C)C(=O)NCCCN(CCCNC(=O)[C@H](CCCCCC(=O)[C@H](CCCCNC(=O)[C@H](CCCCC)NC(=O)OC(C)(C)C)NC(=O)OC(C)(C)C)NC(=O)OC(C)(C)C)CCOc1ccc(CCCCN=C(N)NC(=O)c2nc(Cl)c(N)nc2N)cc1. The van der Waals surface area contributed by atoms with Gasteiger partial charge < -0.3 is 104 Å². The number of carbonyl (C=O) groups is 13. The first-order valence-corrected chi connectivity index (χ1v) is 47.8. The van der Waals surface area contributed by atoms with Crippen molar-refractivity contribution in [2.45, 2.75) is 395 Å². The number of amides is 11. The topological polar surface area (TPSA) is 538 Å². The smallest absolute Gasteiger partial charge is 0.408 e. The molecule has 11 amide bonds. The fourth-order valence-corrected chi connectivity index (χ4v) is 13.5. The van der Waals surface area contributed by atoms with Crippen LogP contribution < -0.4 is 80.4 Å². The van der Waals surface area contributed by atoms with Crippen LogP contribution in [0.15, 0.2) is 29.3 Å². The number of Topliss-reactive ketones (excluding diaryl/α,β-unsaturated/α-hetero) is 2. The fraction of sp³-hybridized carbons (Fsp3) is 0.745. The average molecular weight is 1900 g/mol. The summed E-state index contributed by atoms with van der Waals surface area (Å²) in [5, 5.41) is 30.4. The van der Waals surface area contributed by atoms with Crippen LogP contribution in [-0.2, 0) is 63.6 Å². The second kappa shape index (κ2) is 61.6. The zero-order chi connectivity index (χ0) is 100. The molecule has 0 aliphatic heterocycles. The van der Waals surface area contributed by atoms with E-state index in [0.717, 1.165) is 50.5 Å². The quantitative estimate of drug-likeness (QED) is 0.0127. The third-order valence-corrected chi connectivity index (χ3v) is 19.9. The number of nitrogens with two attached hydrogens (primary N) is 3. The number of aryl methyl sites for hydroxylation is 1. The number of unbranched alkanes of at least 4 members (excludes halogenated alkanes) is 11. The van der Waals surface area contributed by atoms with E-state index in [0.29, 0.717) is 135 Å². The van der Waals surface area contributed by atoms with E-state index in [4.69, 9.17) is 62.0 Å². The molecule has 0 radical (unpaired) electrons. The van der Waals surface area contributed by atoms with Crippen LogP contribution in [0.3, 0.4) is 0 Å². The van der Waals surface area contributed by atoms with Crippen LogP contribution in [0.1, 0.15) is 334 Å². The number of carbonyl (C=O) groups excluding carboxylic acids is 13. The fourth-order valence-electron chi connectivity index (χ4n) is 13.3. The molecule has 0 unspecified atom stereocenters. The molecule has 0 aliphatic rings. The summed E-state index contributed by atoms with van der Waals surface area (Å²) in [7, 11) is 0. The van der Waals surface area contributed by atoms with Crippen LogP contribution in [0.4, 0.5) is 40.4 Å². The second-order valence-electron chi connectivity index (χ2n) is 39.3. The number of halogens is 1. The zero-order valence-corrected chi connectivity index (χ0v) is 84.0. The Balaban J connectivity index is 2.30. The van der Waals surface area contributed by atoms with E-state index in [2.05, 4.69) is 78.3 Å². The Labute approximate surface area is 794 Å². The van der Waals surface area contributed by atoms with Gasteiger partial charge in [0.15, 0.2) is 40.0 Å². The molecule has 39 heteroatoms. The largest absolute Gasteiger partial charge is 0.492 e. The summed E-state index contributed by atoms with van der Waals surface area (Å²) < 4.78 is 39.3. The minimum absolute atomic E-state index is 0.0843. The normalized spacial score (nSPS) is 13.4. The number of alkyl carbamates (subject to hydrolysis) is 6. The van der Waals surface area contributed by atoms with Crippen LogP contribution in [0.2, 0.25) is 5.15 Å². The molecular formula is C94H163ClN18O20. The number of aromatic nitrogens is 2. The van der Waals surface area contributed by atoms with Gasteiger partial charge in [-0.3, -0.25) is 48.8 Å². The minimum Gasteiger partial charge on any atom is -0.492 e. The highest BCUT2D eigenvalue weighted by atomic mass is 35.5. The maximum absolute atomic E-state index is 14.2. The number of anilines is 2. The summed E-state index contributed by atoms with van der Waals surface area (Å²) in [4.78, 5) is 188. The zero-order valence-electron chi connectivity index (χ0n) is 83.2. The lowest BCUT2D eigenvalue weighted by molar-refractivity contribution is -0.124. The van der Waals surface area contributed by atoms with Gasteiger partial charge >= 0.3 is 36.6 Å². The summed E-state index contributed by atoms with van der Waals surface area (Å²) in [5.41, 5.74) is 13.2. The lowest BCUT2D eigenvalue weighted by atomic mass is 9.99. The van der Waals surface area contributed by atoms with Crippen molar-refractivity contribution in [1.29, 1.82) is 0 Å². The molecule has 38 nitrogen and oxygen atoms in total. The number of nitrogens with zero attached hydrogens (tertiary/aromatic N) is 4. The van der Waals surface area contributed by atoms with Crippen LogP contribution in [0.25, 0.3) is 0 Å². The predicted molar refractivity (Wildman–Crippen MR) is 514 cm³/mol. The number of nitrogens with one attached hydrogen (secondary N) is 11. The van der Waals surface area contributed by atoms with Crippen molar-refractivity contribution in [1.82, 2.24) is 73.4 Å². The van der Waals surface area contributed by atoms with Crippen molar-refractivity contribution < 1.29 is 95.5 Å². The molecule has 1 aromatic heterocycles. The van der Waals surface area contributed by atoms with E-state index >= 15 is 0 Å². The summed E-state index contributed by atoms with van der Waals surface area (Å²) in [6, 6.07) is 2.22. The molecule has 1 heterocycles. The van der Waals surface area contributed by atoms with Crippen molar-refractivity contribution in [2.75, 3.05) is 70.4 Å². The summed E-state index contributed by atoms with van der Waals surface area (Å²) >= 11 is 5.93. The first-order chi connectivity index (χ1) is 62.1. The minimum atomic E-state index is -1.02. The lowest BCUT2D eigenvalue weighted by Crippen LogP contribution is -2.48. The molecule has 756 valence electrons. The maximum Gasteiger partial charge on any atom is 0.408 e. The molecule has 133 heavy (non-hydrogen) atoms. The van der Waals surface area contributed by atoms with Crippen molar-refractivity contribution in [3.05, 3.63) is 40.7 Å². The molecule has 0 bridgehead atoms. The first kappa shape index (κ1) is 119. The van der Waals surface area contributed by atoms with Gasteiger partial charge in [0.05, 0.1) is 12.1 Å². The Morgan fingerprint density at radius 1 is 0.383 bits per heavy atom. The summed E-state index contributed by atoms with van der Waals surface area (Å²) in [6.07, 6.45) is 9.89. The van der Waals surface area contributed by atoms with Crippen LogP contribution in [-0.4, -0.2) is 227 Å². The predicted octanol–water partition coefficient (Wildman–Crippen LogP) is 13.2. The molecule has 6 atom stereocenters. The number of hydrogen-bond acceptors (Lipinski definition) is 26.